The molecule has 0 radical (unpaired) electrons. The second-order valence-corrected chi connectivity index (χ2v) is 8.67. The van der Waals surface area contributed by atoms with Crippen molar-refractivity contribution in [3.8, 4) is 11.5 Å². The van der Waals surface area contributed by atoms with Crippen LogP contribution in [0.3, 0.4) is 0 Å². The fourth-order valence-corrected chi connectivity index (χ4v) is 4.21. The highest BCUT2D eigenvalue weighted by Crippen LogP contribution is 2.26. The van der Waals surface area contributed by atoms with Crippen molar-refractivity contribution in [3.05, 3.63) is 58.6 Å². The molecule has 1 fully saturated rings. The first-order chi connectivity index (χ1) is 15.0. The van der Waals surface area contributed by atoms with Gasteiger partial charge in [0.25, 0.3) is 5.91 Å². The summed E-state index contributed by atoms with van der Waals surface area (Å²) < 4.78 is 11.9. The first-order valence-electron chi connectivity index (χ1n) is 10.6. The molecule has 31 heavy (non-hydrogen) atoms. The molecule has 2 amide bonds. The van der Waals surface area contributed by atoms with E-state index in [9.17, 15) is 9.59 Å². The highest BCUT2D eigenvalue weighted by Gasteiger charge is 2.29. The number of hydrogen-bond donors (Lipinski definition) is 1. The largest absolute Gasteiger partial charge is 0.493 e. The molecule has 0 unspecified atom stereocenters. The minimum Gasteiger partial charge on any atom is -0.493 e. The van der Waals surface area contributed by atoms with Crippen molar-refractivity contribution in [3.63, 3.8) is 0 Å². The van der Waals surface area contributed by atoms with Crippen LogP contribution in [0, 0.1) is 0 Å². The molecule has 0 saturated heterocycles. The van der Waals surface area contributed by atoms with E-state index in [1.54, 1.807) is 31.1 Å². The Hall–Kier alpha value is -2.54. The van der Waals surface area contributed by atoms with Gasteiger partial charge < -0.3 is 19.7 Å². The molecule has 1 saturated carbocycles. The van der Waals surface area contributed by atoms with Gasteiger partial charge in [0.15, 0.2) is 18.1 Å². The number of rotatable bonds is 9. The molecule has 0 aromatic heterocycles. The number of nitrogens with zero attached hydrogens (tertiary/aromatic N) is 1. The van der Waals surface area contributed by atoms with E-state index in [0.717, 1.165) is 35.7 Å². The van der Waals surface area contributed by atoms with E-state index in [1.807, 2.05) is 36.4 Å². The van der Waals surface area contributed by atoms with Gasteiger partial charge in [-0.1, -0.05) is 53.0 Å². The van der Waals surface area contributed by atoms with Crippen LogP contribution in [0.4, 0.5) is 0 Å². The summed E-state index contributed by atoms with van der Waals surface area (Å²) in [5, 5.41) is 3.10. The summed E-state index contributed by atoms with van der Waals surface area (Å²) in [6.07, 6.45) is 4.25. The Labute approximate surface area is 192 Å². The van der Waals surface area contributed by atoms with Crippen LogP contribution in [-0.2, 0) is 16.1 Å². The Morgan fingerprint density at radius 3 is 2.52 bits per heavy atom. The van der Waals surface area contributed by atoms with Gasteiger partial charge in [0.05, 0.1) is 7.11 Å². The van der Waals surface area contributed by atoms with Crippen molar-refractivity contribution in [2.24, 2.45) is 0 Å². The van der Waals surface area contributed by atoms with Gasteiger partial charge in [-0.3, -0.25) is 9.59 Å². The average molecular weight is 489 g/mol. The van der Waals surface area contributed by atoms with Gasteiger partial charge in [-0.15, -0.1) is 0 Å². The van der Waals surface area contributed by atoms with Crippen molar-refractivity contribution >= 4 is 27.7 Å². The highest BCUT2D eigenvalue weighted by molar-refractivity contribution is 9.10. The highest BCUT2D eigenvalue weighted by atomic mass is 79.9. The summed E-state index contributed by atoms with van der Waals surface area (Å²) in [7, 11) is 1.55. The Balaban J connectivity index is 1.73. The first-order valence-corrected chi connectivity index (χ1v) is 11.4. The molecular formula is C24H29BrN2O4. The van der Waals surface area contributed by atoms with E-state index in [1.165, 1.54) is 0 Å². The topological polar surface area (TPSA) is 67.9 Å². The second-order valence-electron chi connectivity index (χ2n) is 7.76. The average Bonchev–Trinajstić information content (AvgIpc) is 3.28. The lowest BCUT2D eigenvalue weighted by atomic mass is 10.1. The maximum atomic E-state index is 13.2. The predicted octanol–water partition coefficient (Wildman–Crippen LogP) is 4.31. The Morgan fingerprint density at radius 1 is 1.13 bits per heavy atom. The molecule has 1 aliphatic carbocycles. The van der Waals surface area contributed by atoms with Crippen molar-refractivity contribution in [1.29, 1.82) is 0 Å². The minimum absolute atomic E-state index is 0.132. The van der Waals surface area contributed by atoms with E-state index in [4.69, 9.17) is 9.47 Å². The second kappa shape index (κ2) is 11.2. The summed E-state index contributed by atoms with van der Waals surface area (Å²) in [4.78, 5) is 27.6. The molecule has 0 heterocycles. The zero-order chi connectivity index (χ0) is 22.2. The fraction of sp³-hybridized carbons (Fsp3) is 0.417. The summed E-state index contributed by atoms with van der Waals surface area (Å²) in [5.74, 6) is 0.650. The number of nitrogens with one attached hydrogen (secondary N) is 1. The lowest BCUT2D eigenvalue weighted by Crippen LogP contribution is -2.50. The summed E-state index contributed by atoms with van der Waals surface area (Å²) in [6.45, 7) is 1.89. The number of methoxy groups -OCH3 is 1. The van der Waals surface area contributed by atoms with Crippen LogP contribution >= 0.6 is 15.9 Å². The maximum absolute atomic E-state index is 13.2. The van der Waals surface area contributed by atoms with Crippen molar-refractivity contribution in [1.82, 2.24) is 10.2 Å². The van der Waals surface area contributed by atoms with Gasteiger partial charge in [0.1, 0.15) is 6.04 Å². The molecule has 1 N–H and O–H groups in total. The lowest BCUT2D eigenvalue weighted by molar-refractivity contribution is -0.142. The van der Waals surface area contributed by atoms with Gasteiger partial charge in [-0.05, 0) is 49.6 Å². The van der Waals surface area contributed by atoms with Gasteiger partial charge in [0.2, 0.25) is 5.91 Å². The molecule has 6 nitrogen and oxygen atoms in total. The number of halogens is 1. The van der Waals surface area contributed by atoms with Gasteiger partial charge in [-0.2, -0.15) is 0 Å². The Bertz CT molecular complexity index is 899. The van der Waals surface area contributed by atoms with Crippen molar-refractivity contribution in [2.75, 3.05) is 13.7 Å². The number of amides is 2. The third-order valence-electron chi connectivity index (χ3n) is 5.53. The fourth-order valence-electron chi connectivity index (χ4n) is 3.77. The maximum Gasteiger partial charge on any atom is 0.261 e. The van der Waals surface area contributed by atoms with Crippen LogP contribution in [0.25, 0.3) is 0 Å². The predicted molar refractivity (Wildman–Crippen MR) is 123 cm³/mol. The molecule has 2 aromatic rings. The van der Waals surface area contributed by atoms with E-state index in [2.05, 4.69) is 21.2 Å². The monoisotopic (exact) mass is 488 g/mol. The van der Waals surface area contributed by atoms with E-state index >= 15 is 0 Å². The first kappa shape index (κ1) is 23.1. The van der Waals surface area contributed by atoms with E-state index in [-0.39, 0.29) is 24.5 Å². The zero-order valence-electron chi connectivity index (χ0n) is 18.0. The molecule has 0 bridgehead atoms. The third-order valence-corrected chi connectivity index (χ3v) is 6.02. The molecule has 7 heteroatoms. The Kier molecular flexibility index (Phi) is 8.35. The Morgan fingerprint density at radius 2 is 1.84 bits per heavy atom. The van der Waals surface area contributed by atoms with Crippen molar-refractivity contribution < 1.29 is 19.1 Å². The summed E-state index contributed by atoms with van der Waals surface area (Å²) in [6, 6.07) is 14.5. The SMILES string of the molecule is COc1ccccc1OCC(=O)N(Cc1cccc(Br)c1)[C@H](C)C(=O)NC1CCCC1. The van der Waals surface area contributed by atoms with E-state index < -0.39 is 6.04 Å². The number of carbonyl (C=O) groups is 2. The van der Waals surface area contributed by atoms with Crippen LogP contribution in [0.2, 0.25) is 0 Å². The molecule has 1 aliphatic rings. The van der Waals surface area contributed by atoms with Crippen LogP contribution in [-0.4, -0.2) is 42.5 Å². The molecule has 1 atom stereocenters. The van der Waals surface area contributed by atoms with E-state index in [0.29, 0.717) is 18.0 Å². The normalized spacial score (nSPS) is 14.7. The molecule has 166 valence electrons. The van der Waals surface area contributed by atoms with Crippen LogP contribution < -0.4 is 14.8 Å². The lowest BCUT2D eigenvalue weighted by Gasteiger charge is -2.29. The molecule has 3 rings (SSSR count). The van der Waals surface area contributed by atoms with Crippen molar-refractivity contribution in [2.45, 2.75) is 51.2 Å². The number of hydrogen-bond acceptors (Lipinski definition) is 4. The molecular weight excluding hydrogens is 460 g/mol. The van der Waals surface area contributed by atoms with Crippen LogP contribution in [0.5, 0.6) is 11.5 Å². The quantitative estimate of drug-likeness (QED) is 0.570. The van der Waals surface area contributed by atoms with Crippen LogP contribution in [0.15, 0.2) is 53.0 Å². The molecule has 2 aromatic carbocycles. The van der Waals surface area contributed by atoms with Crippen LogP contribution in [0.1, 0.15) is 38.2 Å². The summed E-state index contributed by atoms with van der Waals surface area (Å²) >= 11 is 3.47. The van der Waals surface area contributed by atoms with Gasteiger partial charge in [0, 0.05) is 17.1 Å². The standard InChI is InChI=1S/C24H29BrN2O4/c1-17(24(29)26-20-10-3-4-11-20)27(15-18-8-7-9-19(25)14-18)23(28)16-31-22-13-6-5-12-21(22)30-2/h5-9,12-14,17,20H,3-4,10-11,15-16H2,1-2H3,(H,26,29)/t17-/m1/s1. The third kappa shape index (κ3) is 6.47. The number of ether oxygens (including phenoxy) is 2. The molecule has 0 aliphatic heterocycles. The van der Waals surface area contributed by atoms with Gasteiger partial charge in [-0.25, -0.2) is 0 Å². The minimum atomic E-state index is -0.617. The smallest absolute Gasteiger partial charge is 0.261 e. The summed E-state index contributed by atoms with van der Waals surface area (Å²) in [5.41, 5.74) is 0.931. The zero-order valence-corrected chi connectivity index (χ0v) is 19.6. The number of carbonyl (C=O) groups excluding carboxylic acids is 2. The number of benzene rings is 2. The molecule has 0 spiro atoms. The number of para-hydroxylation sites is 2. The van der Waals surface area contributed by atoms with Gasteiger partial charge >= 0.3 is 0 Å².